The average Bonchev–Trinajstić information content (AvgIpc) is 2.69. The molecule has 5 heteroatoms. The second-order valence-corrected chi connectivity index (χ2v) is 4.55. The lowest BCUT2D eigenvalue weighted by molar-refractivity contribution is 0.630. The molecule has 1 fully saturated rings. The lowest BCUT2D eigenvalue weighted by Crippen LogP contribution is -2.15. The Hall–Kier alpha value is -0.970. The maximum Gasteiger partial charge on any atom is 0.168 e. The number of rotatable bonds is 3. The number of nitrogen functional groups attached to an aromatic ring is 1. The highest BCUT2D eigenvalue weighted by Crippen LogP contribution is 2.23. The van der Waals surface area contributed by atoms with E-state index in [2.05, 4.69) is 15.3 Å². The van der Waals surface area contributed by atoms with Gasteiger partial charge in [-0.05, 0) is 23.8 Å². The fourth-order valence-corrected chi connectivity index (χ4v) is 2.75. The number of nitrogens with one attached hydrogen (secondary N) is 1. The summed E-state index contributed by atoms with van der Waals surface area (Å²) in [5, 5.41) is 3.24. The second kappa shape index (κ2) is 4.50. The summed E-state index contributed by atoms with van der Waals surface area (Å²) in [7, 11) is 0. The normalized spacial score (nSPS) is 21.0. The second-order valence-electron chi connectivity index (χ2n) is 3.40. The molecule has 0 aliphatic carbocycles. The lowest BCUT2D eigenvalue weighted by atomic mass is 10.1. The molecule has 1 aliphatic heterocycles. The molecule has 1 saturated heterocycles. The monoisotopic (exact) mass is 210 g/mol. The van der Waals surface area contributed by atoms with Crippen LogP contribution in [0.4, 0.5) is 11.6 Å². The van der Waals surface area contributed by atoms with Crippen LogP contribution < -0.4 is 11.1 Å². The third-order valence-corrected chi connectivity index (χ3v) is 3.54. The Kier molecular flexibility index (Phi) is 3.08. The van der Waals surface area contributed by atoms with Crippen molar-refractivity contribution < 1.29 is 0 Å². The Morgan fingerprint density at radius 2 is 2.36 bits per heavy atom. The van der Waals surface area contributed by atoms with Crippen LogP contribution in [0.15, 0.2) is 12.4 Å². The fourth-order valence-electron chi connectivity index (χ4n) is 1.47. The molecule has 14 heavy (non-hydrogen) atoms. The zero-order valence-electron chi connectivity index (χ0n) is 7.94. The van der Waals surface area contributed by atoms with Crippen molar-refractivity contribution in [2.75, 3.05) is 29.1 Å². The van der Waals surface area contributed by atoms with Crippen molar-refractivity contribution in [2.24, 2.45) is 5.92 Å². The van der Waals surface area contributed by atoms with Crippen LogP contribution in [-0.4, -0.2) is 28.0 Å². The topological polar surface area (TPSA) is 63.8 Å². The van der Waals surface area contributed by atoms with Gasteiger partial charge >= 0.3 is 0 Å². The molecule has 0 bridgehead atoms. The van der Waals surface area contributed by atoms with E-state index in [1.807, 2.05) is 11.8 Å². The zero-order valence-corrected chi connectivity index (χ0v) is 8.76. The van der Waals surface area contributed by atoms with Crippen molar-refractivity contribution in [3.05, 3.63) is 12.4 Å². The molecule has 0 amide bonds. The zero-order chi connectivity index (χ0) is 9.80. The lowest BCUT2D eigenvalue weighted by Gasteiger charge is -2.10. The van der Waals surface area contributed by atoms with E-state index in [9.17, 15) is 0 Å². The Labute approximate surface area is 87.7 Å². The van der Waals surface area contributed by atoms with Gasteiger partial charge in [0, 0.05) is 18.9 Å². The van der Waals surface area contributed by atoms with Gasteiger partial charge in [0.25, 0.3) is 0 Å². The molecule has 0 spiro atoms. The van der Waals surface area contributed by atoms with Gasteiger partial charge in [-0.1, -0.05) is 0 Å². The summed E-state index contributed by atoms with van der Waals surface area (Å²) >= 11 is 2.01. The quantitative estimate of drug-likeness (QED) is 0.785. The summed E-state index contributed by atoms with van der Waals surface area (Å²) in [5.41, 5.74) is 5.66. The Morgan fingerprint density at radius 3 is 3.07 bits per heavy atom. The van der Waals surface area contributed by atoms with E-state index in [4.69, 9.17) is 5.73 Å². The van der Waals surface area contributed by atoms with Crippen LogP contribution >= 0.6 is 11.8 Å². The van der Waals surface area contributed by atoms with E-state index < -0.39 is 0 Å². The van der Waals surface area contributed by atoms with Crippen molar-refractivity contribution in [2.45, 2.75) is 6.42 Å². The standard InChI is InChI=1S/C9H14N4S/c10-8-9(12-3-2-11-8)13-5-7-1-4-14-6-7/h2-3,7H,1,4-6H2,(H2,10,11)(H,12,13). The van der Waals surface area contributed by atoms with Crippen LogP contribution in [0.5, 0.6) is 0 Å². The molecule has 1 atom stereocenters. The first kappa shape index (κ1) is 9.58. The molecule has 1 aliphatic rings. The maximum atomic E-state index is 5.66. The molecule has 4 nitrogen and oxygen atoms in total. The summed E-state index contributed by atoms with van der Waals surface area (Å²) in [5.74, 6) is 4.47. The molecule has 0 aromatic carbocycles. The number of nitrogens with zero attached hydrogens (tertiary/aromatic N) is 2. The van der Waals surface area contributed by atoms with Gasteiger partial charge in [-0.3, -0.25) is 0 Å². The molecule has 76 valence electrons. The van der Waals surface area contributed by atoms with Crippen LogP contribution in [-0.2, 0) is 0 Å². The van der Waals surface area contributed by atoms with Crippen molar-refractivity contribution in [1.29, 1.82) is 0 Å². The summed E-state index contributed by atoms with van der Waals surface area (Å²) < 4.78 is 0. The van der Waals surface area contributed by atoms with Crippen molar-refractivity contribution in [3.8, 4) is 0 Å². The number of aromatic nitrogens is 2. The molecule has 1 unspecified atom stereocenters. The van der Waals surface area contributed by atoms with E-state index in [0.29, 0.717) is 11.6 Å². The van der Waals surface area contributed by atoms with E-state index in [1.165, 1.54) is 17.9 Å². The minimum atomic E-state index is 0.484. The summed E-state index contributed by atoms with van der Waals surface area (Å²) in [6.07, 6.45) is 4.55. The Morgan fingerprint density at radius 1 is 1.50 bits per heavy atom. The van der Waals surface area contributed by atoms with Crippen LogP contribution in [0.3, 0.4) is 0 Å². The van der Waals surface area contributed by atoms with Crippen LogP contribution in [0.2, 0.25) is 0 Å². The van der Waals surface area contributed by atoms with Gasteiger partial charge in [-0.15, -0.1) is 0 Å². The van der Waals surface area contributed by atoms with Gasteiger partial charge in [0.15, 0.2) is 11.6 Å². The van der Waals surface area contributed by atoms with Gasteiger partial charge in [0.1, 0.15) is 0 Å². The average molecular weight is 210 g/mol. The molecule has 2 rings (SSSR count). The molecule has 1 aromatic rings. The van der Waals surface area contributed by atoms with E-state index >= 15 is 0 Å². The van der Waals surface area contributed by atoms with Crippen molar-refractivity contribution in [1.82, 2.24) is 9.97 Å². The van der Waals surface area contributed by atoms with Crippen molar-refractivity contribution in [3.63, 3.8) is 0 Å². The minimum Gasteiger partial charge on any atom is -0.381 e. The molecule has 2 heterocycles. The van der Waals surface area contributed by atoms with Crippen molar-refractivity contribution >= 4 is 23.4 Å². The third kappa shape index (κ3) is 2.29. The Bertz CT molecular complexity index is 299. The summed E-state index contributed by atoms with van der Waals surface area (Å²) in [4.78, 5) is 8.11. The highest BCUT2D eigenvalue weighted by atomic mass is 32.2. The number of anilines is 2. The van der Waals surface area contributed by atoms with Gasteiger partial charge < -0.3 is 11.1 Å². The highest BCUT2D eigenvalue weighted by molar-refractivity contribution is 7.99. The van der Waals surface area contributed by atoms with E-state index in [0.717, 1.165) is 12.5 Å². The molecule has 0 saturated carbocycles. The molecular weight excluding hydrogens is 196 g/mol. The number of hydrogen-bond donors (Lipinski definition) is 2. The van der Waals surface area contributed by atoms with Gasteiger partial charge in [0.2, 0.25) is 0 Å². The van der Waals surface area contributed by atoms with Crippen LogP contribution in [0.1, 0.15) is 6.42 Å². The molecule has 0 radical (unpaired) electrons. The first-order valence-corrected chi connectivity index (χ1v) is 5.90. The third-order valence-electron chi connectivity index (χ3n) is 2.31. The Balaban J connectivity index is 1.88. The van der Waals surface area contributed by atoms with Crippen LogP contribution in [0.25, 0.3) is 0 Å². The molecule has 3 N–H and O–H groups in total. The minimum absolute atomic E-state index is 0.484. The predicted molar refractivity (Wildman–Crippen MR) is 60.4 cm³/mol. The number of hydrogen-bond acceptors (Lipinski definition) is 5. The van der Waals surface area contributed by atoms with Crippen LogP contribution in [0, 0.1) is 5.92 Å². The first-order valence-electron chi connectivity index (χ1n) is 4.74. The van der Waals surface area contributed by atoms with Gasteiger partial charge in [-0.25, -0.2) is 9.97 Å². The fraction of sp³-hybridized carbons (Fsp3) is 0.556. The largest absolute Gasteiger partial charge is 0.381 e. The first-order chi connectivity index (χ1) is 6.86. The molecular formula is C9H14N4S. The summed E-state index contributed by atoms with van der Waals surface area (Å²) in [6, 6.07) is 0. The summed E-state index contributed by atoms with van der Waals surface area (Å²) in [6.45, 7) is 0.954. The number of thioether (sulfide) groups is 1. The smallest absolute Gasteiger partial charge is 0.168 e. The van der Waals surface area contributed by atoms with Gasteiger partial charge in [0.05, 0.1) is 0 Å². The SMILES string of the molecule is Nc1nccnc1NCC1CCSC1. The predicted octanol–water partition coefficient (Wildman–Crippen LogP) is 1.22. The number of nitrogens with two attached hydrogens (primary N) is 1. The maximum absolute atomic E-state index is 5.66. The highest BCUT2D eigenvalue weighted by Gasteiger charge is 2.15. The van der Waals surface area contributed by atoms with E-state index in [1.54, 1.807) is 12.4 Å². The van der Waals surface area contributed by atoms with E-state index in [-0.39, 0.29) is 0 Å². The van der Waals surface area contributed by atoms with Gasteiger partial charge in [-0.2, -0.15) is 11.8 Å². The molecule has 1 aromatic heterocycles.